The first-order valence-corrected chi connectivity index (χ1v) is 6.63. The van der Waals surface area contributed by atoms with Gasteiger partial charge in [0.25, 0.3) is 0 Å². The Kier molecular flexibility index (Phi) is 3.86. The maximum Gasteiger partial charge on any atom is 0.151 e. The molecular formula is C7H15NO2S2. The SMILES string of the molecule is O=S1(=O)CCCN(CCS)CC1. The second kappa shape index (κ2) is 4.48. The predicted molar refractivity (Wildman–Crippen MR) is 53.6 cm³/mol. The van der Waals surface area contributed by atoms with Gasteiger partial charge in [0.1, 0.15) is 0 Å². The molecule has 0 aromatic heterocycles. The van der Waals surface area contributed by atoms with Crippen LogP contribution >= 0.6 is 12.6 Å². The van der Waals surface area contributed by atoms with Crippen molar-refractivity contribution in [3.8, 4) is 0 Å². The van der Waals surface area contributed by atoms with Crippen molar-refractivity contribution in [2.75, 3.05) is 36.9 Å². The Morgan fingerprint density at radius 3 is 2.67 bits per heavy atom. The van der Waals surface area contributed by atoms with Gasteiger partial charge in [-0.3, -0.25) is 0 Å². The molecule has 3 nitrogen and oxygen atoms in total. The second-order valence-corrected chi connectivity index (χ2v) is 5.82. The Morgan fingerprint density at radius 2 is 2.00 bits per heavy atom. The zero-order valence-electron chi connectivity index (χ0n) is 7.07. The smallest absolute Gasteiger partial charge is 0.151 e. The van der Waals surface area contributed by atoms with E-state index in [0.29, 0.717) is 18.1 Å². The Morgan fingerprint density at radius 1 is 1.25 bits per heavy atom. The third-order valence-electron chi connectivity index (χ3n) is 2.06. The molecule has 0 aromatic rings. The van der Waals surface area contributed by atoms with Crippen LogP contribution in [0.1, 0.15) is 6.42 Å². The van der Waals surface area contributed by atoms with E-state index in [9.17, 15) is 8.42 Å². The summed E-state index contributed by atoms with van der Waals surface area (Å²) in [7, 11) is -2.74. The van der Waals surface area contributed by atoms with Gasteiger partial charge in [-0.15, -0.1) is 0 Å². The average Bonchev–Trinajstić information content (AvgIpc) is 2.14. The molecule has 0 aliphatic carbocycles. The summed E-state index contributed by atoms with van der Waals surface area (Å²) in [5.41, 5.74) is 0. The molecule has 12 heavy (non-hydrogen) atoms. The van der Waals surface area contributed by atoms with Crippen molar-refractivity contribution >= 4 is 22.5 Å². The van der Waals surface area contributed by atoms with Crippen LogP contribution in [0, 0.1) is 0 Å². The van der Waals surface area contributed by atoms with Crippen LogP contribution in [-0.4, -0.2) is 50.2 Å². The van der Waals surface area contributed by atoms with E-state index >= 15 is 0 Å². The van der Waals surface area contributed by atoms with E-state index in [2.05, 4.69) is 17.5 Å². The van der Waals surface area contributed by atoms with Crippen molar-refractivity contribution in [2.24, 2.45) is 0 Å². The van der Waals surface area contributed by atoms with Gasteiger partial charge in [0.2, 0.25) is 0 Å². The van der Waals surface area contributed by atoms with Gasteiger partial charge in [-0.2, -0.15) is 12.6 Å². The van der Waals surface area contributed by atoms with E-state index in [0.717, 1.165) is 25.3 Å². The van der Waals surface area contributed by atoms with E-state index in [4.69, 9.17) is 0 Å². The minimum absolute atomic E-state index is 0.320. The third-order valence-corrected chi connectivity index (χ3v) is 3.98. The topological polar surface area (TPSA) is 37.4 Å². The van der Waals surface area contributed by atoms with Crippen molar-refractivity contribution in [2.45, 2.75) is 6.42 Å². The quantitative estimate of drug-likeness (QED) is 0.652. The molecule has 0 spiro atoms. The Balaban J connectivity index is 2.45. The summed E-state index contributed by atoms with van der Waals surface area (Å²) < 4.78 is 22.3. The maximum absolute atomic E-state index is 11.2. The lowest BCUT2D eigenvalue weighted by molar-refractivity contribution is 0.314. The van der Waals surface area contributed by atoms with Crippen LogP contribution in [0.5, 0.6) is 0 Å². The summed E-state index contributed by atoms with van der Waals surface area (Å²) in [6, 6.07) is 0. The molecule has 1 aliphatic heterocycles. The summed E-state index contributed by atoms with van der Waals surface area (Å²) >= 11 is 4.12. The number of nitrogens with zero attached hydrogens (tertiary/aromatic N) is 1. The van der Waals surface area contributed by atoms with Crippen LogP contribution in [0.3, 0.4) is 0 Å². The summed E-state index contributed by atoms with van der Waals surface area (Å²) in [6.07, 6.45) is 0.774. The minimum atomic E-state index is -2.74. The molecule has 0 amide bonds. The summed E-state index contributed by atoms with van der Waals surface area (Å²) in [6.45, 7) is 2.49. The molecule has 72 valence electrons. The van der Waals surface area contributed by atoms with Crippen LogP contribution in [0.15, 0.2) is 0 Å². The van der Waals surface area contributed by atoms with Gasteiger partial charge in [-0.1, -0.05) is 0 Å². The lowest BCUT2D eigenvalue weighted by Gasteiger charge is -2.16. The first-order chi connectivity index (χ1) is 5.64. The number of thiol groups is 1. The Hall–Kier alpha value is 0.260. The fourth-order valence-electron chi connectivity index (χ4n) is 1.36. The zero-order valence-corrected chi connectivity index (χ0v) is 8.78. The summed E-state index contributed by atoms with van der Waals surface area (Å²) in [5.74, 6) is 1.48. The summed E-state index contributed by atoms with van der Waals surface area (Å²) in [4.78, 5) is 2.16. The predicted octanol–water partition coefficient (Wildman–Crippen LogP) is 0.0367. The number of rotatable bonds is 2. The van der Waals surface area contributed by atoms with Gasteiger partial charge in [0.15, 0.2) is 9.84 Å². The van der Waals surface area contributed by atoms with Crippen molar-refractivity contribution in [1.29, 1.82) is 0 Å². The van der Waals surface area contributed by atoms with Crippen LogP contribution < -0.4 is 0 Å². The fraction of sp³-hybridized carbons (Fsp3) is 1.00. The van der Waals surface area contributed by atoms with Crippen molar-refractivity contribution < 1.29 is 8.42 Å². The maximum atomic E-state index is 11.2. The summed E-state index contributed by atoms with van der Waals surface area (Å²) in [5, 5.41) is 0. The zero-order chi connectivity index (χ0) is 9.03. The molecular weight excluding hydrogens is 194 g/mol. The van der Waals surface area contributed by atoms with Crippen LogP contribution in [0.4, 0.5) is 0 Å². The number of hydrogen-bond donors (Lipinski definition) is 1. The molecule has 0 aromatic carbocycles. The van der Waals surface area contributed by atoms with Gasteiger partial charge in [0, 0.05) is 18.8 Å². The fourth-order valence-corrected chi connectivity index (χ4v) is 2.95. The molecule has 0 saturated carbocycles. The highest BCUT2D eigenvalue weighted by molar-refractivity contribution is 7.91. The van der Waals surface area contributed by atoms with Crippen LogP contribution in [-0.2, 0) is 9.84 Å². The lowest BCUT2D eigenvalue weighted by Crippen LogP contribution is -2.28. The molecule has 0 N–H and O–H groups in total. The van der Waals surface area contributed by atoms with Gasteiger partial charge >= 0.3 is 0 Å². The first kappa shape index (κ1) is 10.3. The Labute approximate surface area is 79.5 Å². The van der Waals surface area contributed by atoms with E-state index in [-0.39, 0.29) is 0 Å². The van der Waals surface area contributed by atoms with Gasteiger partial charge in [-0.25, -0.2) is 8.42 Å². The average molecular weight is 209 g/mol. The largest absolute Gasteiger partial charge is 0.301 e. The van der Waals surface area contributed by atoms with Crippen LogP contribution in [0.25, 0.3) is 0 Å². The molecule has 0 atom stereocenters. The number of sulfone groups is 1. The molecule has 1 heterocycles. The molecule has 0 bridgehead atoms. The number of hydrogen-bond acceptors (Lipinski definition) is 4. The minimum Gasteiger partial charge on any atom is -0.301 e. The van der Waals surface area contributed by atoms with E-state index in [1.54, 1.807) is 0 Å². The van der Waals surface area contributed by atoms with Crippen molar-refractivity contribution in [3.05, 3.63) is 0 Å². The van der Waals surface area contributed by atoms with Crippen molar-refractivity contribution in [3.63, 3.8) is 0 Å². The molecule has 1 rings (SSSR count). The van der Waals surface area contributed by atoms with E-state index in [1.165, 1.54) is 0 Å². The monoisotopic (exact) mass is 209 g/mol. The highest BCUT2D eigenvalue weighted by atomic mass is 32.2. The molecule has 0 radical (unpaired) electrons. The van der Waals surface area contributed by atoms with Gasteiger partial charge in [-0.05, 0) is 13.0 Å². The van der Waals surface area contributed by atoms with Gasteiger partial charge < -0.3 is 4.90 Å². The molecule has 1 fully saturated rings. The Bertz CT molecular complexity index is 226. The standard InChI is InChI=1S/C7H15NO2S2/c9-12(10)6-1-2-8(3-5-11)4-7-12/h11H,1-7H2. The normalized spacial score (nSPS) is 25.1. The van der Waals surface area contributed by atoms with E-state index in [1.807, 2.05) is 0 Å². The second-order valence-electron chi connectivity index (χ2n) is 3.07. The molecule has 5 heteroatoms. The highest BCUT2D eigenvalue weighted by Crippen LogP contribution is 2.04. The van der Waals surface area contributed by atoms with Gasteiger partial charge in [0.05, 0.1) is 11.5 Å². The third kappa shape index (κ3) is 3.33. The first-order valence-electron chi connectivity index (χ1n) is 4.18. The molecule has 1 saturated heterocycles. The van der Waals surface area contributed by atoms with E-state index < -0.39 is 9.84 Å². The van der Waals surface area contributed by atoms with Crippen LogP contribution in [0.2, 0.25) is 0 Å². The van der Waals surface area contributed by atoms with Crippen molar-refractivity contribution in [1.82, 2.24) is 4.90 Å². The highest BCUT2D eigenvalue weighted by Gasteiger charge is 2.17. The lowest BCUT2D eigenvalue weighted by atomic mass is 10.4. The molecule has 0 unspecified atom stereocenters. The molecule has 1 aliphatic rings.